The highest BCUT2D eigenvalue weighted by Crippen LogP contribution is 2.33. The molecule has 1 aromatic rings. The molecule has 27 heavy (non-hydrogen) atoms. The molecule has 0 N–H and O–H groups in total. The molecule has 0 atom stereocenters. The van der Waals surface area contributed by atoms with E-state index in [0.29, 0.717) is 12.2 Å². The Morgan fingerprint density at radius 3 is 2.07 bits per heavy atom. The molecule has 4 heteroatoms. The van der Waals surface area contributed by atoms with Crippen LogP contribution in [0.5, 0.6) is 0 Å². The predicted molar refractivity (Wildman–Crippen MR) is 113 cm³/mol. The summed E-state index contributed by atoms with van der Waals surface area (Å²) in [4.78, 5) is 12.7. The van der Waals surface area contributed by atoms with Gasteiger partial charge in [0.15, 0.2) is 9.84 Å². The highest BCUT2D eigenvalue weighted by atomic mass is 32.2. The molecule has 3 nitrogen and oxygen atoms in total. The SMILES string of the molecule is CCCCc1ccc(CC(=O)C2CCC(CS(=O)(=O)C(C)(C)C)CC2)cc1. The number of hydrogen-bond acceptors (Lipinski definition) is 3. The molecule has 0 spiro atoms. The summed E-state index contributed by atoms with van der Waals surface area (Å²) in [5.74, 6) is 0.874. The second-order valence-electron chi connectivity index (χ2n) is 9.17. The van der Waals surface area contributed by atoms with Gasteiger partial charge in [0, 0.05) is 12.3 Å². The lowest BCUT2D eigenvalue weighted by atomic mass is 9.79. The molecule has 0 heterocycles. The molecule has 1 aliphatic rings. The molecule has 0 amide bonds. The molecule has 1 aliphatic carbocycles. The zero-order valence-corrected chi connectivity index (χ0v) is 18.3. The first-order valence-corrected chi connectivity index (χ1v) is 12.1. The number of hydrogen-bond donors (Lipinski definition) is 0. The quantitative estimate of drug-likeness (QED) is 0.614. The lowest BCUT2D eigenvalue weighted by molar-refractivity contribution is -0.123. The Kier molecular flexibility index (Phi) is 7.67. The van der Waals surface area contributed by atoms with Crippen LogP contribution >= 0.6 is 0 Å². The Bertz CT molecular complexity index is 703. The van der Waals surface area contributed by atoms with Gasteiger partial charge in [-0.05, 0) is 76.3 Å². The minimum Gasteiger partial charge on any atom is -0.299 e. The third-order valence-corrected chi connectivity index (χ3v) is 8.69. The molecular formula is C23H36O3S. The maximum absolute atomic E-state index is 12.7. The molecule has 0 unspecified atom stereocenters. The van der Waals surface area contributed by atoms with Gasteiger partial charge in [-0.15, -0.1) is 0 Å². The van der Waals surface area contributed by atoms with Crippen molar-refractivity contribution in [3.05, 3.63) is 35.4 Å². The summed E-state index contributed by atoms with van der Waals surface area (Å²) in [6.07, 6.45) is 7.36. The van der Waals surface area contributed by atoms with Crippen LogP contribution in [0.15, 0.2) is 24.3 Å². The highest BCUT2D eigenvalue weighted by Gasteiger charge is 2.34. The van der Waals surface area contributed by atoms with Crippen molar-refractivity contribution < 1.29 is 13.2 Å². The van der Waals surface area contributed by atoms with Crippen molar-refractivity contribution in [2.24, 2.45) is 11.8 Å². The summed E-state index contributed by atoms with van der Waals surface area (Å²) in [5.41, 5.74) is 2.44. The van der Waals surface area contributed by atoms with Crippen molar-refractivity contribution >= 4 is 15.6 Å². The monoisotopic (exact) mass is 392 g/mol. The summed E-state index contributed by atoms with van der Waals surface area (Å²) in [5, 5.41) is 0. The van der Waals surface area contributed by atoms with E-state index in [1.807, 2.05) is 0 Å². The van der Waals surface area contributed by atoms with E-state index < -0.39 is 14.6 Å². The first-order chi connectivity index (χ1) is 12.6. The Balaban J connectivity index is 1.83. The minimum absolute atomic E-state index is 0.0957. The van der Waals surface area contributed by atoms with Crippen LogP contribution in [0.1, 0.15) is 77.3 Å². The van der Waals surface area contributed by atoms with Crippen molar-refractivity contribution in [1.82, 2.24) is 0 Å². The molecule has 2 rings (SSSR count). The van der Waals surface area contributed by atoms with E-state index >= 15 is 0 Å². The summed E-state index contributed by atoms with van der Waals surface area (Å²) < 4.78 is 24.1. The number of unbranched alkanes of at least 4 members (excludes halogenated alkanes) is 1. The fourth-order valence-corrected chi connectivity index (χ4v) is 5.22. The van der Waals surface area contributed by atoms with Gasteiger partial charge < -0.3 is 0 Å². The van der Waals surface area contributed by atoms with Crippen molar-refractivity contribution in [2.75, 3.05) is 5.75 Å². The second kappa shape index (κ2) is 9.36. The molecule has 0 aromatic heterocycles. The van der Waals surface area contributed by atoms with Gasteiger partial charge in [0.25, 0.3) is 0 Å². The number of sulfone groups is 1. The van der Waals surface area contributed by atoms with Crippen molar-refractivity contribution in [2.45, 2.75) is 83.8 Å². The first-order valence-electron chi connectivity index (χ1n) is 10.4. The minimum atomic E-state index is -3.08. The van der Waals surface area contributed by atoms with Gasteiger partial charge >= 0.3 is 0 Å². The van der Waals surface area contributed by atoms with E-state index in [-0.39, 0.29) is 17.6 Å². The largest absolute Gasteiger partial charge is 0.299 e. The number of carbonyl (C=O) groups is 1. The first kappa shape index (κ1) is 22.1. The van der Waals surface area contributed by atoms with Crippen LogP contribution in [0.25, 0.3) is 0 Å². The summed E-state index contributed by atoms with van der Waals surface area (Å²) >= 11 is 0. The zero-order chi connectivity index (χ0) is 20.1. The molecule has 1 saturated carbocycles. The van der Waals surface area contributed by atoms with Crippen LogP contribution in [0.2, 0.25) is 0 Å². The van der Waals surface area contributed by atoms with Gasteiger partial charge in [0.1, 0.15) is 5.78 Å². The van der Waals surface area contributed by atoms with Crippen LogP contribution in [-0.2, 0) is 27.5 Å². The number of ketones is 1. The molecular weight excluding hydrogens is 356 g/mol. The molecule has 0 radical (unpaired) electrons. The summed E-state index contributed by atoms with van der Waals surface area (Å²) in [7, 11) is -3.08. The number of aryl methyl sites for hydroxylation is 1. The lowest BCUT2D eigenvalue weighted by Gasteiger charge is -2.30. The molecule has 152 valence electrons. The van der Waals surface area contributed by atoms with E-state index in [2.05, 4.69) is 31.2 Å². The average Bonchev–Trinajstić information content (AvgIpc) is 2.60. The van der Waals surface area contributed by atoms with Gasteiger partial charge in [-0.1, -0.05) is 37.6 Å². The Morgan fingerprint density at radius 2 is 1.56 bits per heavy atom. The average molecular weight is 393 g/mol. The highest BCUT2D eigenvalue weighted by molar-refractivity contribution is 7.92. The number of benzene rings is 1. The van der Waals surface area contributed by atoms with E-state index in [9.17, 15) is 13.2 Å². The molecule has 1 fully saturated rings. The predicted octanol–water partition coefficient (Wildman–Crippen LogP) is 5.16. The van der Waals surface area contributed by atoms with E-state index in [1.165, 1.54) is 18.4 Å². The normalized spacial score (nSPS) is 21.2. The molecule has 0 aliphatic heterocycles. The number of carbonyl (C=O) groups excluding carboxylic acids is 1. The zero-order valence-electron chi connectivity index (χ0n) is 17.5. The van der Waals surface area contributed by atoms with Crippen molar-refractivity contribution in [3.63, 3.8) is 0 Å². The fourth-order valence-electron chi connectivity index (χ4n) is 3.76. The van der Waals surface area contributed by atoms with Crippen LogP contribution in [-0.4, -0.2) is 24.7 Å². The van der Waals surface area contributed by atoms with Crippen LogP contribution in [0.3, 0.4) is 0 Å². The number of Topliss-reactive ketones (excluding diaryl/α,β-unsaturated/α-hetero) is 1. The standard InChI is InChI=1S/C23H36O3S/c1-5-6-7-18-8-10-19(11-9-18)16-22(24)21-14-12-20(13-15-21)17-27(25,26)23(2,3)4/h8-11,20-21H,5-7,12-17H2,1-4H3. The molecule has 1 aromatic carbocycles. The third kappa shape index (κ3) is 6.44. The van der Waals surface area contributed by atoms with Gasteiger partial charge in [0.05, 0.1) is 10.5 Å². The maximum atomic E-state index is 12.7. The fraction of sp³-hybridized carbons (Fsp3) is 0.696. The Hall–Kier alpha value is -1.16. The Morgan fingerprint density at radius 1 is 1.00 bits per heavy atom. The van der Waals surface area contributed by atoms with Gasteiger partial charge in [-0.3, -0.25) is 4.79 Å². The van der Waals surface area contributed by atoms with E-state index in [0.717, 1.165) is 37.7 Å². The van der Waals surface area contributed by atoms with Crippen molar-refractivity contribution in [3.8, 4) is 0 Å². The Labute approximate surface area is 165 Å². The smallest absolute Gasteiger partial charge is 0.155 e. The van der Waals surface area contributed by atoms with E-state index in [4.69, 9.17) is 0 Å². The summed E-state index contributed by atoms with van der Waals surface area (Å²) in [6, 6.07) is 8.47. The van der Waals surface area contributed by atoms with Gasteiger partial charge in [0.2, 0.25) is 0 Å². The summed E-state index contributed by atoms with van der Waals surface area (Å²) in [6.45, 7) is 7.50. The lowest BCUT2D eigenvalue weighted by Crippen LogP contribution is -2.35. The maximum Gasteiger partial charge on any atom is 0.155 e. The third-order valence-electron chi connectivity index (χ3n) is 5.91. The van der Waals surface area contributed by atoms with Crippen LogP contribution < -0.4 is 0 Å². The number of rotatable bonds is 8. The van der Waals surface area contributed by atoms with E-state index in [1.54, 1.807) is 20.8 Å². The second-order valence-corrected chi connectivity index (χ2v) is 12.0. The molecule has 0 bridgehead atoms. The van der Waals surface area contributed by atoms with Crippen LogP contribution in [0.4, 0.5) is 0 Å². The van der Waals surface area contributed by atoms with Gasteiger partial charge in [-0.25, -0.2) is 8.42 Å². The molecule has 0 saturated heterocycles. The van der Waals surface area contributed by atoms with Gasteiger partial charge in [-0.2, -0.15) is 0 Å². The van der Waals surface area contributed by atoms with Crippen LogP contribution in [0, 0.1) is 11.8 Å². The topological polar surface area (TPSA) is 51.2 Å². The van der Waals surface area contributed by atoms with Crippen molar-refractivity contribution in [1.29, 1.82) is 0 Å².